The molecular weight excluding hydrogens is 204 g/mol. The Balaban J connectivity index is 2.37. The molecule has 0 bridgehead atoms. The van der Waals surface area contributed by atoms with Crippen LogP contribution in [0.2, 0.25) is 5.02 Å². The zero-order valence-corrected chi connectivity index (χ0v) is 10.6. The van der Waals surface area contributed by atoms with Gasteiger partial charge in [0.1, 0.15) is 7.85 Å². The van der Waals surface area contributed by atoms with Gasteiger partial charge < -0.3 is 5.32 Å². The Bertz CT molecular complexity index is 312. The van der Waals surface area contributed by atoms with Gasteiger partial charge in [-0.2, -0.15) is 0 Å². The van der Waals surface area contributed by atoms with Gasteiger partial charge in [0.15, 0.2) is 0 Å². The summed E-state index contributed by atoms with van der Waals surface area (Å²) in [4.78, 5) is 0. The molecule has 82 valence electrons. The highest BCUT2D eigenvalue weighted by atomic mass is 35.5. The van der Waals surface area contributed by atoms with Gasteiger partial charge in [0, 0.05) is 11.6 Å². The molecule has 0 aliphatic rings. The van der Waals surface area contributed by atoms with Crippen LogP contribution in [0.4, 0.5) is 0 Å². The first-order valence-corrected chi connectivity index (χ1v) is 5.93. The zero-order chi connectivity index (χ0) is 11.3. The minimum atomic E-state index is 0.756. The lowest BCUT2D eigenvalue weighted by Crippen LogP contribution is -2.17. The highest BCUT2D eigenvalue weighted by Crippen LogP contribution is 2.13. The van der Waals surface area contributed by atoms with Crippen LogP contribution >= 0.6 is 11.6 Å². The number of benzene rings is 1. The van der Waals surface area contributed by atoms with E-state index in [0.717, 1.165) is 24.0 Å². The Hall–Kier alpha value is -0.465. The molecule has 0 aliphatic carbocycles. The maximum atomic E-state index is 6.13. The predicted octanol–water partition coefficient (Wildman–Crippen LogP) is 1.73. The van der Waals surface area contributed by atoms with Crippen molar-refractivity contribution < 1.29 is 0 Å². The molecule has 1 aromatic rings. The van der Waals surface area contributed by atoms with E-state index in [9.17, 15) is 0 Å². The van der Waals surface area contributed by atoms with E-state index in [1.54, 1.807) is 0 Å². The lowest BCUT2D eigenvalue weighted by atomic mass is 9.95. The Morgan fingerprint density at radius 2 is 2.13 bits per heavy atom. The van der Waals surface area contributed by atoms with Crippen LogP contribution in [0, 0.1) is 5.92 Å². The van der Waals surface area contributed by atoms with Gasteiger partial charge in [-0.25, -0.2) is 0 Å². The molecule has 3 heteroatoms. The summed E-state index contributed by atoms with van der Waals surface area (Å²) in [5.41, 5.74) is 2.40. The highest BCUT2D eigenvalue weighted by molar-refractivity contribution is 6.36. The number of hydrogen-bond acceptors (Lipinski definition) is 1. The lowest BCUT2D eigenvalue weighted by molar-refractivity contribution is 0.537. The summed E-state index contributed by atoms with van der Waals surface area (Å²) in [5.74, 6) is 0.756. The third-order valence-electron chi connectivity index (χ3n) is 2.42. The lowest BCUT2D eigenvalue weighted by Gasteiger charge is -2.08. The Morgan fingerprint density at radius 1 is 1.40 bits per heavy atom. The number of nitrogens with one attached hydrogen (secondary N) is 1. The van der Waals surface area contributed by atoms with Crippen molar-refractivity contribution in [2.24, 2.45) is 5.92 Å². The molecule has 0 spiro atoms. The van der Waals surface area contributed by atoms with Crippen LogP contribution in [-0.2, 0) is 6.54 Å². The first-order chi connectivity index (χ1) is 7.09. The summed E-state index contributed by atoms with van der Waals surface area (Å²) in [6.45, 7) is 6.40. The summed E-state index contributed by atoms with van der Waals surface area (Å²) in [5, 5.41) is 4.28. The van der Waals surface area contributed by atoms with Crippen LogP contribution in [0.25, 0.3) is 0 Å². The largest absolute Gasteiger partial charge is 0.313 e. The van der Waals surface area contributed by atoms with Gasteiger partial charge >= 0.3 is 0 Å². The third-order valence-corrected chi connectivity index (χ3v) is 2.77. The monoisotopic (exact) mass is 223 g/mol. The van der Waals surface area contributed by atoms with Crippen molar-refractivity contribution in [1.29, 1.82) is 0 Å². The highest BCUT2D eigenvalue weighted by Gasteiger charge is 2.00. The summed E-state index contributed by atoms with van der Waals surface area (Å²) in [7, 11) is 2.06. The summed E-state index contributed by atoms with van der Waals surface area (Å²) in [6, 6.07) is 6.21. The predicted molar refractivity (Wildman–Crippen MR) is 70.8 cm³/mol. The molecule has 0 radical (unpaired) electrons. The average molecular weight is 224 g/mol. The van der Waals surface area contributed by atoms with Crippen LogP contribution in [0.1, 0.15) is 25.8 Å². The quantitative estimate of drug-likeness (QED) is 0.592. The van der Waals surface area contributed by atoms with Crippen LogP contribution < -0.4 is 10.8 Å². The molecule has 1 rings (SSSR count). The molecule has 0 aromatic heterocycles. The molecule has 0 aliphatic heterocycles. The van der Waals surface area contributed by atoms with E-state index in [0.29, 0.717) is 0 Å². The van der Waals surface area contributed by atoms with E-state index < -0.39 is 0 Å². The standard InChI is InChI=1S/C12H19BClN/c1-9(2)5-6-15-8-10-3-4-11(13)7-12(10)14/h3-4,7,9,15H,5-6,8,13H2,1-2H3. The van der Waals surface area contributed by atoms with Crippen LogP contribution in [0.3, 0.4) is 0 Å². The van der Waals surface area contributed by atoms with Crippen LogP contribution in [0.5, 0.6) is 0 Å². The van der Waals surface area contributed by atoms with Gasteiger partial charge in [-0.3, -0.25) is 0 Å². The van der Waals surface area contributed by atoms with E-state index in [1.165, 1.54) is 17.4 Å². The van der Waals surface area contributed by atoms with Gasteiger partial charge in [0.25, 0.3) is 0 Å². The van der Waals surface area contributed by atoms with Gasteiger partial charge in [-0.15, -0.1) is 0 Å². The van der Waals surface area contributed by atoms with Gasteiger partial charge in [0.05, 0.1) is 0 Å². The van der Waals surface area contributed by atoms with E-state index in [-0.39, 0.29) is 0 Å². The maximum Gasteiger partial charge on any atom is 0.139 e. The van der Waals surface area contributed by atoms with Gasteiger partial charge in [-0.05, 0) is 30.5 Å². The maximum absolute atomic E-state index is 6.13. The summed E-state index contributed by atoms with van der Waals surface area (Å²) < 4.78 is 0. The fraction of sp³-hybridized carbons (Fsp3) is 0.500. The molecule has 0 unspecified atom stereocenters. The van der Waals surface area contributed by atoms with Gasteiger partial charge in [0.2, 0.25) is 0 Å². The smallest absolute Gasteiger partial charge is 0.139 e. The van der Waals surface area contributed by atoms with E-state index in [2.05, 4.69) is 39.1 Å². The normalized spacial score (nSPS) is 10.9. The molecule has 0 fully saturated rings. The number of hydrogen-bond donors (Lipinski definition) is 1. The SMILES string of the molecule is Bc1ccc(CNCCC(C)C)c(Cl)c1. The number of halogens is 1. The van der Waals surface area contributed by atoms with Crippen molar-refractivity contribution in [3.63, 3.8) is 0 Å². The molecule has 0 saturated heterocycles. The second-order valence-electron chi connectivity index (χ2n) is 4.45. The second-order valence-corrected chi connectivity index (χ2v) is 4.86. The summed E-state index contributed by atoms with van der Waals surface area (Å²) >= 11 is 6.13. The molecule has 15 heavy (non-hydrogen) atoms. The van der Waals surface area contributed by atoms with Crippen molar-refractivity contribution in [2.75, 3.05) is 6.54 Å². The average Bonchev–Trinajstić information content (AvgIpc) is 2.14. The summed E-state index contributed by atoms with van der Waals surface area (Å²) in [6.07, 6.45) is 1.21. The minimum Gasteiger partial charge on any atom is -0.313 e. The Labute approximate surface area is 98.6 Å². The Kier molecular flexibility index (Phi) is 5.20. The van der Waals surface area contributed by atoms with Gasteiger partial charge in [-0.1, -0.05) is 43.0 Å². The minimum absolute atomic E-state index is 0.756. The molecule has 1 nitrogen and oxygen atoms in total. The van der Waals surface area contributed by atoms with Crippen LogP contribution in [-0.4, -0.2) is 14.4 Å². The second kappa shape index (κ2) is 6.19. The molecule has 0 atom stereocenters. The van der Waals surface area contributed by atoms with Crippen molar-refractivity contribution in [1.82, 2.24) is 5.32 Å². The fourth-order valence-electron chi connectivity index (χ4n) is 1.41. The topological polar surface area (TPSA) is 12.0 Å². The van der Waals surface area contributed by atoms with Crippen molar-refractivity contribution in [3.8, 4) is 0 Å². The molecule has 0 amide bonds. The fourth-order valence-corrected chi connectivity index (χ4v) is 1.71. The van der Waals surface area contributed by atoms with Crippen molar-refractivity contribution in [3.05, 3.63) is 28.8 Å². The van der Waals surface area contributed by atoms with Crippen LogP contribution in [0.15, 0.2) is 18.2 Å². The molecular formula is C12H19BClN. The van der Waals surface area contributed by atoms with E-state index >= 15 is 0 Å². The van der Waals surface area contributed by atoms with Crippen molar-refractivity contribution >= 4 is 24.9 Å². The van der Waals surface area contributed by atoms with Crippen molar-refractivity contribution in [2.45, 2.75) is 26.8 Å². The molecule has 1 N–H and O–H groups in total. The molecule has 0 saturated carbocycles. The first kappa shape index (κ1) is 12.6. The first-order valence-electron chi connectivity index (χ1n) is 5.55. The molecule has 1 aromatic carbocycles. The molecule has 0 heterocycles. The zero-order valence-electron chi connectivity index (χ0n) is 9.81. The van der Waals surface area contributed by atoms with E-state index in [4.69, 9.17) is 11.6 Å². The van der Waals surface area contributed by atoms with E-state index in [1.807, 2.05) is 6.07 Å². The Morgan fingerprint density at radius 3 is 2.73 bits per heavy atom. The third kappa shape index (κ3) is 4.72. The number of rotatable bonds is 5.